The number of thiazole rings is 1. The van der Waals surface area contributed by atoms with Crippen molar-refractivity contribution in [2.24, 2.45) is 0 Å². The van der Waals surface area contributed by atoms with E-state index in [9.17, 15) is 4.79 Å². The van der Waals surface area contributed by atoms with E-state index < -0.39 is 0 Å². The van der Waals surface area contributed by atoms with Crippen molar-refractivity contribution < 1.29 is 19.0 Å². The molecule has 1 aromatic carbocycles. The minimum Gasteiger partial charge on any atom is -0.493 e. The van der Waals surface area contributed by atoms with Crippen LogP contribution in [0.15, 0.2) is 34.7 Å². The standard InChI is InChI=1S/C19H20N4O4S2/c1-11-9-29-19(20-11)21-16(24)10-28-17-6-5-13(22-23-17)12-7-14(25-2)18(27-4)15(8-12)26-3/h5-9H,10H2,1-4H3,(H,20,21,24). The van der Waals surface area contributed by atoms with Crippen LogP contribution < -0.4 is 19.5 Å². The van der Waals surface area contributed by atoms with E-state index in [1.807, 2.05) is 36.6 Å². The number of aromatic nitrogens is 3. The van der Waals surface area contributed by atoms with Gasteiger partial charge in [-0.2, -0.15) is 0 Å². The Morgan fingerprint density at radius 3 is 2.34 bits per heavy atom. The van der Waals surface area contributed by atoms with Gasteiger partial charge in [0.25, 0.3) is 0 Å². The number of nitrogens with one attached hydrogen (secondary N) is 1. The zero-order valence-electron chi connectivity index (χ0n) is 16.4. The predicted octanol–water partition coefficient (Wildman–Crippen LogP) is 3.67. The maximum atomic E-state index is 12.0. The minimum absolute atomic E-state index is 0.139. The summed E-state index contributed by atoms with van der Waals surface area (Å²) in [6.45, 7) is 1.88. The lowest BCUT2D eigenvalue weighted by Crippen LogP contribution is -2.14. The molecule has 8 nitrogen and oxygen atoms in total. The van der Waals surface area contributed by atoms with Crippen LogP contribution >= 0.6 is 23.1 Å². The third-order valence-corrected chi connectivity index (χ3v) is 5.61. The van der Waals surface area contributed by atoms with Gasteiger partial charge in [-0.05, 0) is 31.2 Å². The number of anilines is 1. The number of benzene rings is 1. The Kier molecular flexibility index (Phi) is 6.89. The fourth-order valence-corrected chi connectivity index (χ4v) is 3.80. The lowest BCUT2D eigenvalue weighted by molar-refractivity contribution is -0.113. The van der Waals surface area contributed by atoms with Crippen LogP contribution in [-0.4, -0.2) is 48.2 Å². The predicted molar refractivity (Wildman–Crippen MR) is 113 cm³/mol. The summed E-state index contributed by atoms with van der Waals surface area (Å²) in [5, 5.41) is 14.3. The molecule has 0 aliphatic carbocycles. The summed E-state index contributed by atoms with van der Waals surface area (Å²) in [6, 6.07) is 7.26. The van der Waals surface area contributed by atoms with Crippen molar-refractivity contribution in [3.63, 3.8) is 0 Å². The SMILES string of the molecule is COc1cc(-c2ccc(SCC(=O)Nc3nc(C)cs3)nn2)cc(OC)c1OC. The van der Waals surface area contributed by atoms with E-state index in [1.54, 1.807) is 21.3 Å². The molecule has 0 atom stereocenters. The van der Waals surface area contributed by atoms with Gasteiger partial charge in [-0.1, -0.05) is 11.8 Å². The van der Waals surface area contributed by atoms with Crippen molar-refractivity contribution in [1.29, 1.82) is 0 Å². The molecule has 29 heavy (non-hydrogen) atoms. The third kappa shape index (κ3) is 5.15. The number of amides is 1. The van der Waals surface area contributed by atoms with Crippen LogP contribution in [0.2, 0.25) is 0 Å². The molecular formula is C19H20N4O4S2. The van der Waals surface area contributed by atoms with Crippen LogP contribution in [0.25, 0.3) is 11.3 Å². The quantitative estimate of drug-likeness (QED) is 0.539. The van der Waals surface area contributed by atoms with Crippen molar-refractivity contribution >= 4 is 34.1 Å². The topological polar surface area (TPSA) is 95.5 Å². The Balaban J connectivity index is 1.67. The molecule has 2 aromatic heterocycles. The second-order valence-electron chi connectivity index (χ2n) is 5.80. The second-order valence-corrected chi connectivity index (χ2v) is 7.66. The van der Waals surface area contributed by atoms with Gasteiger partial charge >= 0.3 is 0 Å². The van der Waals surface area contributed by atoms with E-state index in [0.29, 0.717) is 33.1 Å². The number of rotatable bonds is 8. The summed E-state index contributed by atoms with van der Waals surface area (Å²) in [5.41, 5.74) is 2.31. The number of aryl methyl sites for hydroxylation is 1. The molecule has 0 saturated carbocycles. The first kappa shape index (κ1) is 20.9. The Morgan fingerprint density at radius 1 is 1.10 bits per heavy atom. The average molecular weight is 433 g/mol. The highest BCUT2D eigenvalue weighted by molar-refractivity contribution is 7.99. The molecule has 0 unspecified atom stereocenters. The summed E-state index contributed by atoms with van der Waals surface area (Å²) in [6.07, 6.45) is 0. The van der Waals surface area contributed by atoms with Crippen LogP contribution in [-0.2, 0) is 4.79 Å². The van der Waals surface area contributed by atoms with Crippen LogP contribution in [0.4, 0.5) is 5.13 Å². The highest BCUT2D eigenvalue weighted by Gasteiger charge is 2.15. The number of hydrogen-bond acceptors (Lipinski definition) is 9. The summed E-state index contributed by atoms with van der Waals surface area (Å²) >= 11 is 2.70. The van der Waals surface area contributed by atoms with Gasteiger partial charge in [-0.3, -0.25) is 4.79 Å². The molecule has 1 N–H and O–H groups in total. The molecule has 0 saturated heterocycles. The van der Waals surface area contributed by atoms with E-state index in [-0.39, 0.29) is 11.7 Å². The van der Waals surface area contributed by atoms with Crippen molar-refractivity contribution in [3.8, 4) is 28.5 Å². The summed E-state index contributed by atoms with van der Waals surface area (Å²) in [7, 11) is 4.67. The van der Waals surface area contributed by atoms with Crippen LogP contribution in [0.3, 0.4) is 0 Å². The number of methoxy groups -OCH3 is 3. The van der Waals surface area contributed by atoms with Gasteiger partial charge < -0.3 is 19.5 Å². The molecule has 0 fully saturated rings. The maximum absolute atomic E-state index is 12.0. The maximum Gasteiger partial charge on any atom is 0.236 e. The van der Waals surface area contributed by atoms with Crippen molar-refractivity contribution in [3.05, 3.63) is 35.3 Å². The van der Waals surface area contributed by atoms with Crippen molar-refractivity contribution in [1.82, 2.24) is 15.2 Å². The number of carbonyl (C=O) groups is 1. The monoisotopic (exact) mass is 432 g/mol. The molecule has 10 heteroatoms. The highest BCUT2D eigenvalue weighted by atomic mass is 32.2. The van der Waals surface area contributed by atoms with Gasteiger partial charge in [0.05, 0.1) is 38.5 Å². The lowest BCUT2D eigenvalue weighted by Gasteiger charge is -2.13. The Labute approximate surface area is 176 Å². The second kappa shape index (κ2) is 9.57. The Bertz CT molecular complexity index is 967. The molecule has 3 aromatic rings. The average Bonchev–Trinajstić information content (AvgIpc) is 3.15. The number of hydrogen-bond donors (Lipinski definition) is 1. The van der Waals surface area contributed by atoms with Gasteiger partial charge in [-0.15, -0.1) is 21.5 Å². The van der Waals surface area contributed by atoms with E-state index in [1.165, 1.54) is 23.1 Å². The highest BCUT2D eigenvalue weighted by Crippen LogP contribution is 2.40. The first-order chi connectivity index (χ1) is 14.0. The molecule has 0 radical (unpaired) electrons. The molecule has 1 amide bonds. The number of nitrogens with zero attached hydrogens (tertiary/aromatic N) is 3. The third-order valence-electron chi connectivity index (χ3n) is 3.82. The largest absolute Gasteiger partial charge is 0.493 e. The molecule has 0 spiro atoms. The van der Waals surface area contributed by atoms with Crippen molar-refractivity contribution in [2.75, 3.05) is 32.4 Å². The molecule has 0 bridgehead atoms. The normalized spacial score (nSPS) is 10.5. The Hall–Kier alpha value is -2.85. The van der Waals surface area contributed by atoms with E-state index in [4.69, 9.17) is 14.2 Å². The summed E-state index contributed by atoms with van der Waals surface area (Å²) in [4.78, 5) is 16.2. The number of ether oxygens (including phenoxy) is 3. The molecule has 152 valence electrons. The van der Waals surface area contributed by atoms with Crippen LogP contribution in [0, 0.1) is 6.92 Å². The zero-order chi connectivity index (χ0) is 20.8. The van der Waals surface area contributed by atoms with E-state index in [2.05, 4.69) is 20.5 Å². The first-order valence-corrected chi connectivity index (χ1v) is 10.4. The van der Waals surface area contributed by atoms with Gasteiger partial charge in [0.1, 0.15) is 5.03 Å². The Morgan fingerprint density at radius 2 is 1.83 bits per heavy atom. The number of thioether (sulfide) groups is 1. The van der Waals surface area contributed by atoms with Crippen molar-refractivity contribution in [2.45, 2.75) is 11.9 Å². The van der Waals surface area contributed by atoms with Gasteiger partial charge in [0.15, 0.2) is 16.6 Å². The van der Waals surface area contributed by atoms with Crippen LogP contribution in [0.5, 0.6) is 17.2 Å². The van der Waals surface area contributed by atoms with Gasteiger partial charge in [-0.25, -0.2) is 4.98 Å². The molecule has 0 aliphatic rings. The molecule has 0 aliphatic heterocycles. The first-order valence-electron chi connectivity index (χ1n) is 8.53. The smallest absolute Gasteiger partial charge is 0.236 e. The minimum atomic E-state index is -0.139. The lowest BCUT2D eigenvalue weighted by atomic mass is 10.1. The number of carbonyl (C=O) groups excluding carboxylic acids is 1. The van der Waals surface area contributed by atoms with E-state index >= 15 is 0 Å². The van der Waals surface area contributed by atoms with Crippen LogP contribution in [0.1, 0.15) is 5.69 Å². The fraction of sp³-hybridized carbons (Fsp3) is 0.263. The van der Waals surface area contributed by atoms with E-state index in [0.717, 1.165) is 11.3 Å². The van der Waals surface area contributed by atoms with Gasteiger partial charge in [0, 0.05) is 10.9 Å². The zero-order valence-corrected chi connectivity index (χ0v) is 18.0. The summed E-state index contributed by atoms with van der Waals surface area (Å²) in [5.74, 6) is 1.67. The van der Waals surface area contributed by atoms with Gasteiger partial charge in [0.2, 0.25) is 11.7 Å². The summed E-state index contributed by atoms with van der Waals surface area (Å²) < 4.78 is 16.1. The fourth-order valence-electron chi connectivity index (χ4n) is 2.49. The molecule has 2 heterocycles. The molecule has 3 rings (SSSR count). The molecular weight excluding hydrogens is 412 g/mol.